The first-order chi connectivity index (χ1) is 13.6. The maximum Gasteiger partial charge on any atom is 0.363 e. The van der Waals surface area contributed by atoms with Crippen molar-refractivity contribution in [2.45, 2.75) is 0 Å². The summed E-state index contributed by atoms with van der Waals surface area (Å²) in [6.07, 6.45) is 0. The summed E-state index contributed by atoms with van der Waals surface area (Å²) >= 11 is 0. The van der Waals surface area contributed by atoms with Gasteiger partial charge in [-0.15, -0.1) is 4.73 Å². The molecule has 3 rings (SSSR count). The summed E-state index contributed by atoms with van der Waals surface area (Å²) in [5.74, 6) is -1.03. The number of aromatic nitrogens is 1. The lowest BCUT2D eigenvalue weighted by atomic mass is 10.2. The van der Waals surface area contributed by atoms with E-state index in [1.54, 1.807) is 36.4 Å². The largest absolute Gasteiger partial charge is 0.492 e. The first-order valence-electron chi connectivity index (χ1n) is 7.97. The predicted octanol–water partition coefficient (Wildman–Crippen LogP) is 3.96. The molecule has 2 N–H and O–H groups in total. The molecular weight excluding hydrogens is 366 g/mol. The van der Waals surface area contributed by atoms with E-state index in [-0.39, 0.29) is 5.56 Å². The normalized spacial score (nSPS) is 11.2. The number of nitrogens with zero attached hydrogens (tertiary/aromatic N) is 5. The molecule has 3 aromatic rings. The molecular formula is C18H15N5O5. The zero-order valence-electron chi connectivity index (χ0n) is 14.6. The zero-order chi connectivity index (χ0) is 19.9. The molecule has 0 aliphatic rings. The third-order valence-electron chi connectivity index (χ3n) is 3.42. The molecule has 28 heavy (non-hydrogen) atoms. The third-order valence-corrected chi connectivity index (χ3v) is 3.42. The van der Waals surface area contributed by atoms with Gasteiger partial charge in [-0.3, -0.25) is 0 Å². The van der Waals surface area contributed by atoms with Crippen molar-refractivity contribution in [1.82, 2.24) is 4.73 Å². The minimum Gasteiger partial charge on any atom is -0.492 e. The first-order valence-corrected chi connectivity index (χ1v) is 7.97. The number of hydrogen-bond acceptors (Lipinski definition) is 9. The van der Waals surface area contributed by atoms with Crippen LogP contribution in [0.25, 0.3) is 0 Å². The molecule has 1 aromatic heterocycles. The molecule has 0 aliphatic heterocycles. The lowest BCUT2D eigenvalue weighted by Gasteiger charge is -2.06. The van der Waals surface area contributed by atoms with Gasteiger partial charge in [0.1, 0.15) is 0 Å². The molecule has 2 aromatic carbocycles. The Bertz CT molecular complexity index is 990. The van der Waals surface area contributed by atoms with Gasteiger partial charge < -0.3 is 19.9 Å². The van der Waals surface area contributed by atoms with Crippen LogP contribution in [-0.4, -0.2) is 28.0 Å². The van der Waals surface area contributed by atoms with Gasteiger partial charge in [-0.2, -0.15) is 15.3 Å². The first kappa shape index (κ1) is 18.6. The summed E-state index contributed by atoms with van der Waals surface area (Å²) in [4.78, 5) is 21.9. The minimum atomic E-state index is -0.759. The number of azo groups is 1. The molecule has 1 heterocycles. The Morgan fingerprint density at radius 2 is 1.39 bits per heavy atom. The SMILES string of the molecule is CN=NOc1ccc(N=Nc2ccc(C(=O)On3c(O)ccc3O)cc2)cc1. The van der Waals surface area contributed by atoms with Crippen LogP contribution in [0, 0.1) is 0 Å². The van der Waals surface area contributed by atoms with Crippen molar-refractivity contribution in [3.8, 4) is 17.5 Å². The molecule has 0 aliphatic carbocycles. The molecule has 0 fully saturated rings. The molecule has 0 unspecified atom stereocenters. The zero-order valence-corrected chi connectivity index (χ0v) is 14.6. The lowest BCUT2D eigenvalue weighted by molar-refractivity contribution is 0.0382. The molecule has 10 nitrogen and oxygen atoms in total. The summed E-state index contributed by atoms with van der Waals surface area (Å²) in [7, 11) is 1.50. The summed E-state index contributed by atoms with van der Waals surface area (Å²) < 4.78 is 0.616. The highest BCUT2D eigenvalue weighted by Gasteiger charge is 2.14. The number of hydrogen-bond donors (Lipinski definition) is 2. The van der Waals surface area contributed by atoms with Gasteiger partial charge in [-0.1, -0.05) is 0 Å². The maximum absolute atomic E-state index is 12.1. The number of rotatable bonds is 6. The van der Waals surface area contributed by atoms with E-state index in [1.807, 2.05) is 0 Å². The molecule has 0 radical (unpaired) electrons. The highest BCUT2D eigenvalue weighted by molar-refractivity contribution is 5.90. The molecule has 0 atom stereocenters. The van der Waals surface area contributed by atoms with Gasteiger partial charge in [-0.25, -0.2) is 4.79 Å². The topological polar surface area (TPSA) is 130 Å². The van der Waals surface area contributed by atoms with Gasteiger partial charge in [0.25, 0.3) is 0 Å². The summed E-state index contributed by atoms with van der Waals surface area (Å²) in [5.41, 5.74) is 1.32. The lowest BCUT2D eigenvalue weighted by Crippen LogP contribution is -2.18. The molecule has 0 spiro atoms. The van der Waals surface area contributed by atoms with Crippen LogP contribution in [0.5, 0.6) is 17.5 Å². The highest BCUT2D eigenvalue weighted by atomic mass is 16.7. The Labute approximate surface area is 158 Å². The Hall–Kier alpha value is -4.21. The van der Waals surface area contributed by atoms with Crippen molar-refractivity contribution in [2.75, 3.05) is 7.05 Å². The molecule has 0 saturated carbocycles. The second kappa shape index (κ2) is 8.45. The molecule has 142 valence electrons. The summed E-state index contributed by atoms with van der Waals surface area (Å²) in [5, 5.41) is 34.0. The predicted molar refractivity (Wildman–Crippen MR) is 97.1 cm³/mol. The van der Waals surface area contributed by atoms with Gasteiger partial charge >= 0.3 is 5.97 Å². The van der Waals surface area contributed by atoms with E-state index in [2.05, 4.69) is 20.6 Å². The van der Waals surface area contributed by atoms with Crippen LogP contribution in [0.3, 0.4) is 0 Å². The van der Waals surface area contributed by atoms with Crippen molar-refractivity contribution in [3.05, 3.63) is 66.2 Å². The Kier molecular flexibility index (Phi) is 5.60. The Balaban J connectivity index is 1.64. The number of carbonyl (C=O) groups is 1. The van der Waals surface area contributed by atoms with Gasteiger partial charge in [0.15, 0.2) is 5.75 Å². The fourth-order valence-corrected chi connectivity index (χ4v) is 2.07. The monoisotopic (exact) mass is 381 g/mol. The van der Waals surface area contributed by atoms with Crippen LogP contribution in [0.15, 0.2) is 81.3 Å². The van der Waals surface area contributed by atoms with Crippen LogP contribution < -0.4 is 9.68 Å². The number of carbonyl (C=O) groups excluding carboxylic acids is 1. The van der Waals surface area contributed by atoms with E-state index < -0.39 is 17.7 Å². The Morgan fingerprint density at radius 1 is 0.857 bits per heavy atom. The molecule has 0 saturated heterocycles. The van der Waals surface area contributed by atoms with Crippen molar-refractivity contribution in [3.63, 3.8) is 0 Å². The molecule has 0 amide bonds. The van der Waals surface area contributed by atoms with Gasteiger partial charge in [0.2, 0.25) is 11.8 Å². The number of aromatic hydroxyl groups is 2. The fourth-order valence-electron chi connectivity index (χ4n) is 2.07. The van der Waals surface area contributed by atoms with E-state index in [9.17, 15) is 15.0 Å². The third kappa shape index (κ3) is 4.49. The quantitative estimate of drug-likeness (QED) is 0.493. The van der Waals surface area contributed by atoms with Crippen LogP contribution in [0.4, 0.5) is 11.4 Å². The number of benzene rings is 2. The Morgan fingerprint density at radius 3 is 1.93 bits per heavy atom. The standard InChI is InChI=1S/C18H15N5O5/c1-19-22-27-15-8-6-14(7-9-15)21-20-13-4-2-12(3-5-13)18(26)28-23-16(24)10-11-17(23)25/h2-11,24-25H,1H3. The summed E-state index contributed by atoms with van der Waals surface area (Å²) in [6.45, 7) is 0. The van der Waals surface area contributed by atoms with E-state index in [1.165, 1.54) is 31.3 Å². The smallest absolute Gasteiger partial charge is 0.363 e. The van der Waals surface area contributed by atoms with Gasteiger partial charge in [0, 0.05) is 17.4 Å². The van der Waals surface area contributed by atoms with Crippen molar-refractivity contribution >= 4 is 17.3 Å². The molecule has 0 bridgehead atoms. The van der Waals surface area contributed by atoms with E-state index in [0.717, 1.165) is 0 Å². The second-order valence-corrected chi connectivity index (χ2v) is 5.34. The fraction of sp³-hybridized carbons (Fsp3) is 0.0556. The maximum atomic E-state index is 12.1. The van der Waals surface area contributed by atoms with Crippen LogP contribution >= 0.6 is 0 Å². The van der Waals surface area contributed by atoms with E-state index >= 15 is 0 Å². The van der Waals surface area contributed by atoms with E-state index in [0.29, 0.717) is 21.9 Å². The average Bonchev–Trinajstić information content (AvgIpc) is 3.04. The van der Waals surface area contributed by atoms with Crippen LogP contribution in [0.2, 0.25) is 0 Å². The van der Waals surface area contributed by atoms with Gasteiger partial charge in [-0.05, 0) is 48.5 Å². The highest BCUT2D eigenvalue weighted by Crippen LogP contribution is 2.22. The van der Waals surface area contributed by atoms with Crippen molar-refractivity contribution in [1.29, 1.82) is 0 Å². The molecule has 10 heteroatoms. The average molecular weight is 381 g/mol. The van der Waals surface area contributed by atoms with E-state index in [4.69, 9.17) is 9.68 Å². The van der Waals surface area contributed by atoms with Gasteiger partial charge in [0.05, 0.1) is 24.0 Å². The second-order valence-electron chi connectivity index (χ2n) is 5.34. The van der Waals surface area contributed by atoms with Crippen LogP contribution in [0.1, 0.15) is 10.4 Å². The van der Waals surface area contributed by atoms with Crippen LogP contribution in [-0.2, 0) is 0 Å². The van der Waals surface area contributed by atoms with Crippen molar-refractivity contribution < 1.29 is 24.7 Å². The van der Waals surface area contributed by atoms with Crippen molar-refractivity contribution in [2.24, 2.45) is 20.6 Å². The summed E-state index contributed by atoms with van der Waals surface area (Å²) in [6, 6.07) is 15.3. The minimum absolute atomic E-state index is 0.207.